The molecule has 1 aromatic carbocycles. The Labute approximate surface area is 144 Å². The van der Waals surface area contributed by atoms with E-state index >= 15 is 0 Å². The van der Waals surface area contributed by atoms with Gasteiger partial charge in [0.1, 0.15) is 0 Å². The Morgan fingerprint density at radius 3 is 2.44 bits per heavy atom. The molecule has 0 saturated carbocycles. The first-order valence-corrected chi connectivity index (χ1v) is 8.96. The maximum absolute atomic E-state index is 12.7. The second-order valence-electron chi connectivity index (χ2n) is 5.74. The van der Waals surface area contributed by atoms with Gasteiger partial charge in [-0.2, -0.15) is 5.10 Å². The van der Waals surface area contributed by atoms with Gasteiger partial charge >= 0.3 is 0 Å². The lowest BCUT2D eigenvalue weighted by Gasteiger charge is -2.08. The van der Waals surface area contributed by atoms with Crippen molar-refractivity contribution in [3.8, 4) is 0 Å². The second-order valence-corrected chi connectivity index (χ2v) is 7.30. The third-order valence-corrected chi connectivity index (χ3v) is 4.71. The third kappa shape index (κ3) is 3.24. The SMILES string of the molecule is Cc1cc(C(=O)Nc2ccc(S(N)(=O)=O)cc2)c2c(C)nn(C)c2n1. The van der Waals surface area contributed by atoms with Gasteiger partial charge < -0.3 is 5.32 Å². The van der Waals surface area contributed by atoms with Gasteiger partial charge in [-0.05, 0) is 44.2 Å². The van der Waals surface area contributed by atoms with Crippen molar-refractivity contribution in [3.63, 3.8) is 0 Å². The number of primary sulfonamides is 1. The first-order chi connectivity index (χ1) is 11.7. The largest absolute Gasteiger partial charge is 0.322 e. The molecule has 2 aromatic heterocycles. The van der Waals surface area contributed by atoms with Gasteiger partial charge in [0.25, 0.3) is 5.91 Å². The zero-order valence-electron chi connectivity index (χ0n) is 13.9. The van der Waals surface area contributed by atoms with E-state index in [9.17, 15) is 13.2 Å². The molecule has 0 saturated heterocycles. The van der Waals surface area contributed by atoms with Crippen LogP contribution in [0.3, 0.4) is 0 Å². The number of rotatable bonds is 3. The lowest BCUT2D eigenvalue weighted by molar-refractivity contribution is 0.102. The lowest BCUT2D eigenvalue weighted by atomic mass is 10.1. The summed E-state index contributed by atoms with van der Waals surface area (Å²) in [5.74, 6) is -0.324. The van der Waals surface area contributed by atoms with Crippen LogP contribution in [0.25, 0.3) is 11.0 Å². The van der Waals surface area contributed by atoms with Gasteiger partial charge in [0.05, 0.1) is 21.5 Å². The van der Waals surface area contributed by atoms with Crippen molar-refractivity contribution in [2.75, 3.05) is 5.32 Å². The van der Waals surface area contributed by atoms with Crippen molar-refractivity contribution >= 4 is 32.7 Å². The number of pyridine rings is 1. The first kappa shape index (κ1) is 17.1. The average Bonchev–Trinajstić information content (AvgIpc) is 2.80. The first-order valence-electron chi connectivity index (χ1n) is 7.42. The van der Waals surface area contributed by atoms with Gasteiger partial charge in [-0.15, -0.1) is 0 Å². The van der Waals surface area contributed by atoms with Crippen LogP contribution in [0.2, 0.25) is 0 Å². The third-order valence-electron chi connectivity index (χ3n) is 3.78. The van der Waals surface area contributed by atoms with E-state index in [1.807, 2.05) is 6.92 Å². The summed E-state index contributed by atoms with van der Waals surface area (Å²) >= 11 is 0. The molecule has 0 fully saturated rings. The summed E-state index contributed by atoms with van der Waals surface area (Å²) in [7, 11) is -2.00. The molecule has 3 rings (SSSR count). The number of hydrogen-bond donors (Lipinski definition) is 2. The predicted molar refractivity (Wildman–Crippen MR) is 93.8 cm³/mol. The van der Waals surface area contributed by atoms with E-state index in [0.717, 1.165) is 0 Å². The Bertz CT molecular complexity index is 1090. The fraction of sp³-hybridized carbons (Fsp3) is 0.188. The maximum atomic E-state index is 12.7. The topological polar surface area (TPSA) is 120 Å². The molecule has 0 bridgehead atoms. The van der Waals surface area contributed by atoms with Crippen LogP contribution in [0.5, 0.6) is 0 Å². The summed E-state index contributed by atoms with van der Waals surface area (Å²) in [6.45, 7) is 3.62. The molecule has 0 unspecified atom stereocenters. The van der Waals surface area contributed by atoms with Crippen molar-refractivity contribution in [1.29, 1.82) is 0 Å². The Balaban J connectivity index is 1.98. The zero-order chi connectivity index (χ0) is 18.4. The minimum Gasteiger partial charge on any atom is -0.322 e. The highest BCUT2D eigenvalue weighted by atomic mass is 32.2. The number of carbonyl (C=O) groups excluding carboxylic acids is 1. The molecule has 2 heterocycles. The van der Waals surface area contributed by atoms with E-state index in [1.54, 1.807) is 24.7 Å². The lowest BCUT2D eigenvalue weighted by Crippen LogP contribution is -2.14. The molecule has 25 heavy (non-hydrogen) atoms. The molecule has 8 nitrogen and oxygen atoms in total. The normalized spacial score (nSPS) is 11.7. The number of carbonyl (C=O) groups is 1. The molecule has 0 aliphatic carbocycles. The van der Waals surface area contributed by atoms with Crippen molar-refractivity contribution in [1.82, 2.24) is 14.8 Å². The van der Waals surface area contributed by atoms with Gasteiger partial charge in [-0.3, -0.25) is 9.48 Å². The molecule has 3 N–H and O–H groups in total. The number of aromatic nitrogens is 3. The zero-order valence-corrected chi connectivity index (χ0v) is 14.8. The molecule has 9 heteroatoms. The molecule has 0 aliphatic heterocycles. The molecule has 3 aromatic rings. The molecule has 0 radical (unpaired) electrons. The molecule has 0 aliphatic rings. The van der Waals surface area contributed by atoms with Crippen molar-refractivity contribution in [2.45, 2.75) is 18.7 Å². The number of nitrogens with one attached hydrogen (secondary N) is 1. The van der Waals surface area contributed by atoms with Gasteiger partial charge in [0, 0.05) is 18.4 Å². The highest BCUT2D eigenvalue weighted by Crippen LogP contribution is 2.23. The van der Waals surface area contributed by atoms with Crippen molar-refractivity contribution in [3.05, 3.63) is 47.3 Å². The number of hydrogen-bond acceptors (Lipinski definition) is 5. The van der Waals surface area contributed by atoms with Crippen molar-refractivity contribution in [2.24, 2.45) is 12.2 Å². The summed E-state index contributed by atoms with van der Waals surface area (Å²) in [4.78, 5) is 17.1. The minimum atomic E-state index is -3.77. The van der Waals surface area contributed by atoms with Gasteiger partial charge in [0.2, 0.25) is 10.0 Å². The molecular weight excluding hydrogens is 342 g/mol. The molecule has 0 spiro atoms. The van der Waals surface area contributed by atoms with Gasteiger partial charge in [-0.25, -0.2) is 18.5 Å². The Hall–Kier alpha value is -2.78. The number of sulfonamides is 1. The standard InChI is InChI=1S/C16H17N5O3S/c1-9-8-13(14-10(2)20-21(3)15(14)18-9)16(22)19-11-4-6-12(7-5-11)25(17,23)24/h4-8H,1-3H3,(H,19,22)(H2,17,23,24). The highest BCUT2D eigenvalue weighted by Gasteiger charge is 2.18. The Kier molecular flexibility index (Phi) is 4.05. The van der Waals surface area contributed by atoms with E-state index < -0.39 is 10.0 Å². The molecule has 0 atom stereocenters. The van der Waals surface area contributed by atoms with Crippen LogP contribution in [-0.2, 0) is 17.1 Å². The van der Waals surface area contributed by atoms with Crippen LogP contribution in [0, 0.1) is 13.8 Å². The van der Waals surface area contributed by atoms with Crippen LogP contribution in [0.4, 0.5) is 5.69 Å². The van der Waals surface area contributed by atoms with Gasteiger partial charge in [0.15, 0.2) is 5.65 Å². The molecular formula is C16H17N5O3S. The van der Waals surface area contributed by atoms with Crippen molar-refractivity contribution < 1.29 is 13.2 Å². The van der Waals surface area contributed by atoms with E-state index in [-0.39, 0.29) is 10.8 Å². The Morgan fingerprint density at radius 1 is 1.20 bits per heavy atom. The summed E-state index contributed by atoms with van der Waals surface area (Å²) in [5.41, 5.74) is 2.96. The number of nitrogens with zero attached hydrogens (tertiary/aromatic N) is 3. The van der Waals surface area contributed by atoms with Crippen LogP contribution in [-0.4, -0.2) is 29.1 Å². The van der Waals surface area contributed by atoms with Gasteiger partial charge in [-0.1, -0.05) is 0 Å². The number of fused-ring (bicyclic) bond motifs is 1. The summed E-state index contributed by atoms with van der Waals surface area (Å²) in [6.07, 6.45) is 0. The monoisotopic (exact) mass is 359 g/mol. The van der Waals surface area contributed by atoms with Crippen LogP contribution in [0.15, 0.2) is 35.2 Å². The van der Waals surface area contributed by atoms with E-state index in [2.05, 4.69) is 15.4 Å². The maximum Gasteiger partial charge on any atom is 0.256 e. The number of anilines is 1. The molecule has 1 amide bonds. The summed E-state index contributed by atoms with van der Waals surface area (Å²) in [5, 5.41) is 12.8. The van der Waals surface area contributed by atoms with E-state index in [0.29, 0.717) is 33.7 Å². The highest BCUT2D eigenvalue weighted by molar-refractivity contribution is 7.89. The quantitative estimate of drug-likeness (QED) is 0.734. The van der Waals surface area contributed by atoms with Crippen LogP contribution < -0.4 is 10.5 Å². The predicted octanol–water partition coefficient (Wildman–Crippen LogP) is 1.48. The smallest absolute Gasteiger partial charge is 0.256 e. The average molecular weight is 359 g/mol. The molecule has 130 valence electrons. The number of benzene rings is 1. The van der Waals surface area contributed by atoms with Crippen LogP contribution in [0.1, 0.15) is 21.7 Å². The number of aryl methyl sites for hydroxylation is 3. The summed E-state index contributed by atoms with van der Waals surface area (Å²) in [6, 6.07) is 7.35. The minimum absolute atomic E-state index is 0.0178. The number of nitrogens with two attached hydrogens (primary N) is 1. The Morgan fingerprint density at radius 2 is 1.84 bits per heavy atom. The fourth-order valence-corrected chi connectivity index (χ4v) is 3.19. The van der Waals surface area contributed by atoms with E-state index in [1.165, 1.54) is 24.3 Å². The fourth-order valence-electron chi connectivity index (χ4n) is 2.68. The second kappa shape index (κ2) is 5.94. The van der Waals surface area contributed by atoms with E-state index in [4.69, 9.17) is 5.14 Å². The number of amides is 1. The summed E-state index contributed by atoms with van der Waals surface area (Å²) < 4.78 is 24.2. The van der Waals surface area contributed by atoms with Crippen LogP contribution >= 0.6 is 0 Å².